The summed E-state index contributed by atoms with van der Waals surface area (Å²) in [6.07, 6.45) is 1.58. The highest BCUT2D eigenvalue weighted by Crippen LogP contribution is 2.09. The maximum atomic E-state index is 12.2. The Morgan fingerprint density at radius 1 is 1.29 bits per heavy atom. The van der Waals surface area contributed by atoms with E-state index in [2.05, 4.69) is 4.72 Å². The lowest BCUT2D eigenvalue weighted by Gasteiger charge is -2.08. The third kappa shape index (κ3) is 3.31. The highest BCUT2D eigenvalue weighted by Gasteiger charge is 2.20. The van der Waals surface area contributed by atoms with E-state index in [1.54, 1.807) is 0 Å². The molecule has 0 saturated heterocycles. The molecule has 0 unspecified atom stereocenters. The lowest BCUT2D eigenvalue weighted by molar-refractivity contribution is 0.571. The molecule has 0 fully saturated rings. The van der Waals surface area contributed by atoms with Gasteiger partial charge in [0.2, 0.25) is 10.0 Å². The number of rotatable bonds is 5. The van der Waals surface area contributed by atoms with Crippen LogP contribution >= 0.6 is 11.3 Å². The van der Waals surface area contributed by atoms with Crippen LogP contribution in [0.25, 0.3) is 0 Å². The first-order chi connectivity index (χ1) is 9.83. The summed E-state index contributed by atoms with van der Waals surface area (Å²) >= 11 is 1.53. The van der Waals surface area contributed by atoms with Crippen molar-refractivity contribution >= 4 is 21.4 Å². The summed E-state index contributed by atoms with van der Waals surface area (Å²) in [5, 5.41) is 1.91. The summed E-state index contributed by atoms with van der Waals surface area (Å²) in [6, 6.07) is 3.79. The van der Waals surface area contributed by atoms with Gasteiger partial charge in [-0.3, -0.25) is 9.36 Å². The molecule has 2 aromatic rings. The van der Waals surface area contributed by atoms with Crippen molar-refractivity contribution in [3.8, 4) is 0 Å². The second-order valence-corrected chi connectivity index (χ2v) is 7.25. The second kappa shape index (κ2) is 5.96. The van der Waals surface area contributed by atoms with E-state index >= 15 is 0 Å². The zero-order chi connectivity index (χ0) is 15.6. The molecule has 0 aliphatic rings. The minimum Gasteiger partial charge on any atom is -0.302 e. The van der Waals surface area contributed by atoms with Crippen LogP contribution in [0.5, 0.6) is 0 Å². The molecule has 0 bridgehead atoms. The van der Waals surface area contributed by atoms with Gasteiger partial charge in [-0.1, -0.05) is 6.07 Å². The number of nitrogens with zero attached hydrogens (tertiary/aromatic N) is 2. The Hall–Kier alpha value is -1.71. The summed E-state index contributed by atoms with van der Waals surface area (Å²) in [4.78, 5) is 24.1. The zero-order valence-electron chi connectivity index (χ0n) is 11.6. The van der Waals surface area contributed by atoms with Crippen molar-refractivity contribution in [2.24, 2.45) is 14.1 Å². The molecule has 2 heterocycles. The van der Waals surface area contributed by atoms with Gasteiger partial charge in [0.1, 0.15) is 0 Å². The molecule has 0 aliphatic carbocycles. The Morgan fingerprint density at radius 2 is 2.00 bits per heavy atom. The smallest absolute Gasteiger partial charge is 0.302 e. The topological polar surface area (TPSA) is 90.2 Å². The molecule has 2 aromatic heterocycles. The van der Waals surface area contributed by atoms with Crippen LogP contribution in [0.2, 0.25) is 0 Å². The standard InChI is InChI=1S/C12H15N3O4S2/c1-14-8-10(11(16)15(2)12(14)17)21(18,19)13-6-5-9-4-3-7-20-9/h3-4,7-8,13H,5-6H2,1-2H3. The van der Waals surface area contributed by atoms with Crippen LogP contribution in [0.3, 0.4) is 0 Å². The Labute approximate surface area is 125 Å². The minimum absolute atomic E-state index is 0.189. The van der Waals surface area contributed by atoms with Crippen molar-refractivity contribution < 1.29 is 8.42 Å². The third-order valence-electron chi connectivity index (χ3n) is 2.95. The highest BCUT2D eigenvalue weighted by molar-refractivity contribution is 7.89. The normalized spacial score (nSPS) is 11.7. The first-order valence-corrected chi connectivity index (χ1v) is 8.48. The number of hydrogen-bond donors (Lipinski definition) is 1. The molecule has 2 rings (SSSR count). The van der Waals surface area contributed by atoms with Crippen molar-refractivity contribution in [3.05, 3.63) is 49.4 Å². The minimum atomic E-state index is -3.94. The van der Waals surface area contributed by atoms with Crippen LogP contribution in [0.15, 0.2) is 38.2 Å². The third-order valence-corrected chi connectivity index (χ3v) is 5.33. The summed E-state index contributed by atoms with van der Waals surface area (Å²) < 4.78 is 28.5. The average Bonchev–Trinajstić information content (AvgIpc) is 2.93. The largest absolute Gasteiger partial charge is 0.330 e. The Kier molecular flexibility index (Phi) is 4.45. The van der Waals surface area contributed by atoms with Gasteiger partial charge in [-0.15, -0.1) is 11.3 Å². The molecule has 21 heavy (non-hydrogen) atoms. The van der Waals surface area contributed by atoms with Crippen LogP contribution in [-0.4, -0.2) is 24.1 Å². The first-order valence-electron chi connectivity index (χ1n) is 6.11. The van der Waals surface area contributed by atoms with E-state index in [9.17, 15) is 18.0 Å². The second-order valence-electron chi connectivity index (χ2n) is 4.48. The summed E-state index contributed by atoms with van der Waals surface area (Å²) in [6.45, 7) is 0.189. The first kappa shape index (κ1) is 15.7. The SMILES string of the molecule is Cn1cc(S(=O)(=O)NCCc2cccs2)c(=O)n(C)c1=O. The molecule has 1 N–H and O–H groups in total. The van der Waals surface area contributed by atoms with E-state index in [4.69, 9.17) is 0 Å². The van der Waals surface area contributed by atoms with Crippen LogP contribution in [0.1, 0.15) is 4.88 Å². The van der Waals surface area contributed by atoms with Crippen molar-refractivity contribution in [2.75, 3.05) is 6.54 Å². The van der Waals surface area contributed by atoms with Crippen molar-refractivity contribution in [1.29, 1.82) is 0 Å². The quantitative estimate of drug-likeness (QED) is 0.813. The number of aromatic nitrogens is 2. The molecule has 7 nitrogen and oxygen atoms in total. The van der Waals surface area contributed by atoms with Gasteiger partial charge in [0.15, 0.2) is 4.90 Å². The van der Waals surface area contributed by atoms with Crippen molar-refractivity contribution in [2.45, 2.75) is 11.3 Å². The fourth-order valence-corrected chi connectivity index (χ4v) is 3.70. The average molecular weight is 329 g/mol. The molecule has 0 amide bonds. The molecule has 0 aromatic carbocycles. The lowest BCUT2D eigenvalue weighted by atomic mass is 10.3. The van der Waals surface area contributed by atoms with E-state index in [1.165, 1.54) is 25.4 Å². The number of aryl methyl sites for hydroxylation is 1. The molecular weight excluding hydrogens is 314 g/mol. The van der Waals surface area contributed by atoms with Crippen molar-refractivity contribution in [1.82, 2.24) is 13.9 Å². The van der Waals surface area contributed by atoms with E-state index in [-0.39, 0.29) is 6.54 Å². The van der Waals surface area contributed by atoms with Gasteiger partial charge < -0.3 is 4.57 Å². The molecule has 114 valence electrons. The fourth-order valence-electron chi connectivity index (χ4n) is 1.80. The van der Waals surface area contributed by atoms with Gasteiger partial charge in [0.25, 0.3) is 5.56 Å². The van der Waals surface area contributed by atoms with Gasteiger partial charge in [-0.25, -0.2) is 17.9 Å². The number of nitrogens with one attached hydrogen (secondary N) is 1. The van der Waals surface area contributed by atoms with E-state index in [0.717, 1.165) is 20.2 Å². The molecule has 0 aliphatic heterocycles. The number of thiophene rings is 1. The monoisotopic (exact) mass is 329 g/mol. The van der Waals surface area contributed by atoms with Crippen molar-refractivity contribution in [3.63, 3.8) is 0 Å². The number of sulfonamides is 1. The fraction of sp³-hybridized carbons (Fsp3) is 0.333. The molecular formula is C12H15N3O4S2. The molecule has 0 spiro atoms. The van der Waals surface area contributed by atoms with Gasteiger partial charge in [0, 0.05) is 31.7 Å². The Morgan fingerprint density at radius 3 is 2.62 bits per heavy atom. The van der Waals surface area contributed by atoms with Crippen LogP contribution in [0.4, 0.5) is 0 Å². The van der Waals surface area contributed by atoms with Gasteiger partial charge in [-0.2, -0.15) is 0 Å². The Bertz CT molecular complexity index is 848. The van der Waals surface area contributed by atoms with E-state index in [1.807, 2.05) is 17.5 Å². The maximum absolute atomic E-state index is 12.2. The molecule has 0 saturated carbocycles. The predicted octanol–water partition coefficient (Wildman–Crippen LogP) is -0.333. The van der Waals surface area contributed by atoms with E-state index < -0.39 is 26.2 Å². The highest BCUT2D eigenvalue weighted by atomic mass is 32.2. The molecule has 0 radical (unpaired) electrons. The summed E-state index contributed by atoms with van der Waals surface area (Å²) in [5.74, 6) is 0. The maximum Gasteiger partial charge on any atom is 0.330 e. The summed E-state index contributed by atoms with van der Waals surface area (Å²) in [7, 11) is -1.30. The van der Waals surface area contributed by atoms with Crippen LogP contribution in [0, 0.1) is 0 Å². The zero-order valence-corrected chi connectivity index (χ0v) is 13.2. The summed E-state index contributed by atoms with van der Waals surface area (Å²) in [5.41, 5.74) is -1.40. The Balaban J connectivity index is 2.24. The number of hydrogen-bond acceptors (Lipinski definition) is 5. The van der Waals surface area contributed by atoms with Crippen LogP contribution < -0.4 is 16.0 Å². The van der Waals surface area contributed by atoms with Crippen LogP contribution in [-0.2, 0) is 30.5 Å². The lowest BCUT2D eigenvalue weighted by Crippen LogP contribution is -2.41. The van der Waals surface area contributed by atoms with Gasteiger partial charge >= 0.3 is 5.69 Å². The predicted molar refractivity (Wildman–Crippen MR) is 80.1 cm³/mol. The van der Waals surface area contributed by atoms with Gasteiger partial charge in [0.05, 0.1) is 0 Å². The van der Waals surface area contributed by atoms with Gasteiger partial charge in [-0.05, 0) is 17.9 Å². The molecule has 0 atom stereocenters. The van der Waals surface area contributed by atoms with E-state index in [0.29, 0.717) is 6.42 Å². The molecule has 9 heteroatoms.